The molecule has 0 spiro atoms. The molecule has 0 aromatic carbocycles. The normalized spacial score (nSPS) is 15.9. The summed E-state index contributed by atoms with van der Waals surface area (Å²) in [6.07, 6.45) is 2.97. The van der Waals surface area contributed by atoms with Crippen molar-refractivity contribution in [3.8, 4) is 0 Å². The summed E-state index contributed by atoms with van der Waals surface area (Å²) in [5, 5.41) is 10.2. The second-order valence-electron chi connectivity index (χ2n) is 2.33. The van der Waals surface area contributed by atoms with Gasteiger partial charge in [-0.3, -0.25) is 9.59 Å². The fourth-order valence-corrected chi connectivity index (χ4v) is 0.727. The van der Waals surface area contributed by atoms with E-state index in [0.717, 1.165) is 32.7 Å². The highest BCUT2D eigenvalue weighted by Gasteiger charge is 2.04. The number of rotatable bonds is 0. The average molecular weight is 159 g/mol. The quantitative estimate of drug-likeness (QED) is 0.537. The molecule has 1 heterocycles. The second-order valence-corrected chi connectivity index (χ2v) is 2.33. The molecule has 0 bridgehead atoms. The minimum atomic E-state index is -0.833. The van der Waals surface area contributed by atoms with Crippen LogP contribution < -0.4 is 5.32 Å². The van der Waals surface area contributed by atoms with Crippen LogP contribution in [0.1, 0.15) is 26.2 Å². The number of aliphatic carboxylic acids is 1. The summed E-state index contributed by atoms with van der Waals surface area (Å²) >= 11 is 0. The number of amides is 1. The molecule has 11 heavy (non-hydrogen) atoms. The van der Waals surface area contributed by atoms with E-state index >= 15 is 0 Å². The second kappa shape index (κ2) is 5.70. The molecule has 1 aliphatic heterocycles. The van der Waals surface area contributed by atoms with Crippen molar-refractivity contribution in [1.29, 1.82) is 0 Å². The topological polar surface area (TPSA) is 66.4 Å². The zero-order valence-electron chi connectivity index (χ0n) is 6.59. The van der Waals surface area contributed by atoms with E-state index in [1.165, 1.54) is 0 Å². The maximum absolute atomic E-state index is 10.4. The molecule has 1 rings (SSSR count). The SMILES string of the molecule is CC(=O)O.O=C1CCCCN1. The van der Waals surface area contributed by atoms with Crippen molar-refractivity contribution in [2.45, 2.75) is 26.2 Å². The molecule has 0 radical (unpaired) electrons. The Balaban J connectivity index is 0.000000218. The van der Waals surface area contributed by atoms with Crippen LogP contribution in [0.2, 0.25) is 0 Å². The fourth-order valence-electron chi connectivity index (χ4n) is 0.727. The van der Waals surface area contributed by atoms with E-state index < -0.39 is 5.97 Å². The van der Waals surface area contributed by atoms with Crippen LogP contribution in [0.25, 0.3) is 0 Å². The third kappa shape index (κ3) is 8.94. The van der Waals surface area contributed by atoms with Gasteiger partial charge in [0.2, 0.25) is 5.91 Å². The van der Waals surface area contributed by atoms with Gasteiger partial charge < -0.3 is 10.4 Å². The highest BCUT2D eigenvalue weighted by molar-refractivity contribution is 5.76. The smallest absolute Gasteiger partial charge is 0.300 e. The lowest BCUT2D eigenvalue weighted by molar-refractivity contribution is -0.134. The van der Waals surface area contributed by atoms with Gasteiger partial charge >= 0.3 is 0 Å². The Hall–Kier alpha value is -1.06. The molecular formula is C7H13NO3. The van der Waals surface area contributed by atoms with Crippen molar-refractivity contribution in [1.82, 2.24) is 5.32 Å². The van der Waals surface area contributed by atoms with E-state index in [2.05, 4.69) is 5.32 Å². The molecule has 64 valence electrons. The lowest BCUT2D eigenvalue weighted by Gasteiger charge is -2.08. The summed E-state index contributed by atoms with van der Waals surface area (Å²) in [6, 6.07) is 0. The molecule has 0 aromatic heterocycles. The summed E-state index contributed by atoms with van der Waals surface area (Å²) < 4.78 is 0. The minimum Gasteiger partial charge on any atom is -0.481 e. The van der Waals surface area contributed by atoms with Gasteiger partial charge in [0, 0.05) is 19.9 Å². The number of carbonyl (C=O) groups excluding carboxylic acids is 1. The van der Waals surface area contributed by atoms with Crippen molar-refractivity contribution in [2.75, 3.05) is 6.54 Å². The van der Waals surface area contributed by atoms with Gasteiger partial charge in [-0.05, 0) is 12.8 Å². The number of hydrogen-bond donors (Lipinski definition) is 2. The largest absolute Gasteiger partial charge is 0.481 e. The van der Waals surface area contributed by atoms with Crippen LogP contribution in [0, 0.1) is 0 Å². The van der Waals surface area contributed by atoms with Gasteiger partial charge in [0.05, 0.1) is 0 Å². The summed E-state index contributed by atoms with van der Waals surface area (Å²) in [5.74, 6) is -0.619. The van der Waals surface area contributed by atoms with E-state index in [0.29, 0.717) is 0 Å². The standard InChI is InChI=1S/C5H9NO.C2H4O2/c7-5-3-1-2-4-6-5;1-2(3)4/h1-4H2,(H,6,7);1H3,(H,3,4). The van der Waals surface area contributed by atoms with Crippen LogP contribution in [0.4, 0.5) is 0 Å². The highest BCUT2D eigenvalue weighted by atomic mass is 16.4. The Labute approximate surface area is 65.6 Å². The maximum atomic E-state index is 10.4. The Kier molecular flexibility index (Phi) is 5.15. The zero-order chi connectivity index (χ0) is 8.69. The number of nitrogens with one attached hydrogen (secondary N) is 1. The lowest BCUT2D eigenvalue weighted by Crippen LogP contribution is -2.28. The Morgan fingerprint density at radius 1 is 1.55 bits per heavy atom. The predicted molar refractivity (Wildman–Crippen MR) is 40.2 cm³/mol. The first-order valence-electron chi connectivity index (χ1n) is 3.59. The molecule has 0 aromatic rings. The van der Waals surface area contributed by atoms with Crippen molar-refractivity contribution >= 4 is 11.9 Å². The first-order valence-corrected chi connectivity index (χ1v) is 3.59. The third-order valence-corrected chi connectivity index (χ3v) is 1.15. The van der Waals surface area contributed by atoms with Gasteiger partial charge in [0.15, 0.2) is 0 Å². The monoisotopic (exact) mass is 159 g/mol. The molecule has 0 atom stereocenters. The van der Waals surface area contributed by atoms with Gasteiger partial charge in [-0.15, -0.1) is 0 Å². The van der Waals surface area contributed by atoms with Crippen molar-refractivity contribution in [3.05, 3.63) is 0 Å². The molecule has 1 amide bonds. The number of carbonyl (C=O) groups is 2. The van der Waals surface area contributed by atoms with E-state index in [1.54, 1.807) is 0 Å². The molecule has 2 N–H and O–H groups in total. The zero-order valence-corrected chi connectivity index (χ0v) is 6.59. The lowest BCUT2D eigenvalue weighted by atomic mass is 10.2. The minimum absolute atomic E-state index is 0.214. The van der Waals surface area contributed by atoms with E-state index in [-0.39, 0.29) is 5.91 Å². The molecule has 1 aliphatic rings. The van der Waals surface area contributed by atoms with Crippen LogP contribution in [0.15, 0.2) is 0 Å². The van der Waals surface area contributed by atoms with Gasteiger partial charge in [-0.25, -0.2) is 0 Å². The number of carboxylic acid groups (broad SMARTS) is 1. The molecule has 1 fully saturated rings. The van der Waals surface area contributed by atoms with Crippen molar-refractivity contribution < 1.29 is 14.7 Å². The average Bonchev–Trinajstić information content (AvgIpc) is 1.87. The first-order chi connectivity index (χ1) is 5.13. The number of carboxylic acids is 1. The maximum Gasteiger partial charge on any atom is 0.300 e. The first kappa shape index (κ1) is 9.94. The van der Waals surface area contributed by atoms with Crippen LogP contribution in [0.5, 0.6) is 0 Å². The Morgan fingerprint density at radius 3 is 2.27 bits per heavy atom. The fraction of sp³-hybridized carbons (Fsp3) is 0.714. The van der Waals surface area contributed by atoms with Crippen LogP contribution in [-0.4, -0.2) is 23.5 Å². The third-order valence-electron chi connectivity index (χ3n) is 1.15. The van der Waals surface area contributed by atoms with Crippen LogP contribution in [0.3, 0.4) is 0 Å². The van der Waals surface area contributed by atoms with Gasteiger partial charge in [-0.1, -0.05) is 0 Å². The molecule has 1 saturated heterocycles. The molecule has 0 unspecified atom stereocenters. The molecule has 0 aliphatic carbocycles. The highest BCUT2D eigenvalue weighted by Crippen LogP contribution is 1.98. The summed E-state index contributed by atoms with van der Waals surface area (Å²) in [7, 11) is 0. The van der Waals surface area contributed by atoms with Crippen LogP contribution >= 0.6 is 0 Å². The van der Waals surface area contributed by atoms with Gasteiger partial charge in [-0.2, -0.15) is 0 Å². The summed E-state index contributed by atoms with van der Waals surface area (Å²) in [6.45, 7) is 1.97. The molecular weight excluding hydrogens is 146 g/mol. The van der Waals surface area contributed by atoms with Gasteiger partial charge in [0.25, 0.3) is 5.97 Å². The molecule has 4 nitrogen and oxygen atoms in total. The number of piperidine rings is 1. The van der Waals surface area contributed by atoms with Crippen LogP contribution in [-0.2, 0) is 9.59 Å². The molecule has 0 saturated carbocycles. The van der Waals surface area contributed by atoms with Crippen molar-refractivity contribution in [2.24, 2.45) is 0 Å². The van der Waals surface area contributed by atoms with Crippen molar-refractivity contribution in [3.63, 3.8) is 0 Å². The summed E-state index contributed by atoms with van der Waals surface area (Å²) in [5.41, 5.74) is 0. The van der Waals surface area contributed by atoms with Gasteiger partial charge in [0.1, 0.15) is 0 Å². The predicted octanol–water partition coefficient (Wildman–Crippen LogP) is 0.377. The summed E-state index contributed by atoms with van der Waals surface area (Å²) in [4.78, 5) is 19.4. The Bertz CT molecular complexity index is 133. The van der Waals surface area contributed by atoms with E-state index in [4.69, 9.17) is 9.90 Å². The van der Waals surface area contributed by atoms with E-state index in [9.17, 15) is 4.79 Å². The number of hydrogen-bond acceptors (Lipinski definition) is 2. The molecule has 4 heteroatoms. The van der Waals surface area contributed by atoms with E-state index in [1.807, 2.05) is 0 Å². The Morgan fingerprint density at radius 2 is 2.09 bits per heavy atom.